The topological polar surface area (TPSA) is 697 Å². The van der Waals surface area contributed by atoms with E-state index in [4.69, 9.17) is 94.8 Å². The molecule has 7 heterocycles. The van der Waals surface area contributed by atoms with Gasteiger partial charge in [-0.05, 0) is 12.0 Å². The van der Waals surface area contributed by atoms with E-state index in [1.165, 1.54) is 0 Å². The highest BCUT2D eigenvalue weighted by atomic mass is 16.8. The van der Waals surface area contributed by atoms with Crippen LogP contribution in [0.4, 0.5) is 0 Å². The number of azide groups is 1. The summed E-state index contributed by atoms with van der Waals surface area (Å²) in [6, 6.07) is -6.94. The summed E-state index contributed by atoms with van der Waals surface area (Å²) in [5.74, 6) is -5.73. The molecule has 0 spiro atoms. The van der Waals surface area contributed by atoms with Gasteiger partial charge in [0.05, 0.1) is 50.6 Å². The summed E-state index contributed by atoms with van der Waals surface area (Å²) in [6.45, 7) is -4.01. The average molecular weight is 1270 g/mol. The number of aliphatic hydroxyl groups is 15. The molecular weight excluding hydrogens is 1200 g/mol. The van der Waals surface area contributed by atoms with E-state index in [1.54, 1.807) is 0 Å². The summed E-state index contributed by atoms with van der Waals surface area (Å²) in [7, 11) is 0. The minimum Gasteiger partial charge on any atom is -0.479 e. The van der Waals surface area contributed by atoms with Gasteiger partial charge < -0.3 is 181 Å². The third-order valence-corrected chi connectivity index (χ3v) is 15.5. The van der Waals surface area contributed by atoms with E-state index in [0.29, 0.717) is 0 Å². The second-order valence-electron chi connectivity index (χ2n) is 21.2. The van der Waals surface area contributed by atoms with Crippen molar-refractivity contribution in [1.29, 1.82) is 0 Å². The minimum absolute atomic E-state index is 0.0112. The second kappa shape index (κ2) is 30.7. The SMILES string of the molecule is [N-]=[N+]=NCCCO[C@@H]1O[C@H](CO)[C@@H](O)[C@H](O[C@@H]2O[C@H](C(=O)O)[C@@H](O[C@@H]3O[C@H](CO)[C@@H](O)[C@H](O[C@@H]4O[C@H](C(=O)O)[C@@H](O[C@@H]5O[C@H](CO)[C@@H](O)[C@H](O[C@@H]6O[C@H](C(=O)O)[C@@H](O[C@@H]7O[C@H](CO)[C@@H](O)[C@H](O)[C@H]7N)[C@H](O)[C@H]6O)[C@H]5N)[C@H](O)[C@H]4O)[C@H]3N)[C@H](O)[C@H]2O)[C@H]1N. The molecule has 42 nitrogen and oxygen atoms in total. The number of rotatable bonds is 24. The van der Waals surface area contributed by atoms with Gasteiger partial charge >= 0.3 is 17.9 Å². The summed E-state index contributed by atoms with van der Waals surface area (Å²) in [4.78, 5) is 40.7. The van der Waals surface area contributed by atoms with Crippen molar-refractivity contribution in [1.82, 2.24) is 0 Å². The number of carboxylic acids is 3. The van der Waals surface area contributed by atoms with Crippen LogP contribution in [0, 0.1) is 0 Å². The van der Waals surface area contributed by atoms with Gasteiger partial charge in [-0.1, -0.05) is 5.11 Å². The van der Waals surface area contributed by atoms with E-state index in [1.807, 2.05) is 0 Å². The zero-order chi connectivity index (χ0) is 64.2. The first-order valence-corrected chi connectivity index (χ1v) is 26.9. The van der Waals surface area contributed by atoms with E-state index in [-0.39, 0.29) is 19.6 Å². The van der Waals surface area contributed by atoms with Crippen LogP contribution >= 0.6 is 0 Å². The lowest BCUT2D eigenvalue weighted by Gasteiger charge is -2.50. The van der Waals surface area contributed by atoms with Gasteiger partial charge in [0.15, 0.2) is 62.3 Å². The number of aliphatic hydroxyl groups excluding tert-OH is 15. The Morgan fingerprint density at radius 2 is 0.667 bits per heavy atom. The van der Waals surface area contributed by atoms with Gasteiger partial charge in [0.2, 0.25) is 0 Å². The van der Waals surface area contributed by atoms with Crippen LogP contribution in [0.2, 0.25) is 0 Å². The molecule has 35 atom stereocenters. The summed E-state index contributed by atoms with van der Waals surface area (Å²) >= 11 is 0. The molecule has 0 aromatic carbocycles. The number of hydrogen-bond acceptors (Lipinski definition) is 37. The Bertz CT molecular complexity index is 2290. The van der Waals surface area contributed by atoms with Crippen LogP contribution in [0.3, 0.4) is 0 Å². The maximum atomic E-state index is 12.9. The molecule has 0 aromatic rings. The van der Waals surface area contributed by atoms with Gasteiger partial charge in [-0.25, -0.2) is 14.4 Å². The fourth-order valence-electron chi connectivity index (χ4n) is 10.6. The molecule has 0 aromatic heterocycles. The van der Waals surface area contributed by atoms with E-state index in [9.17, 15) is 106 Å². The molecule has 0 aliphatic carbocycles. The van der Waals surface area contributed by atoms with Crippen molar-refractivity contribution in [3.8, 4) is 0 Å². The standard InChI is InChI=1S/C45H75N7O35/c46-12-20(61)16(57)8(4-53)76-40(12)82-30-21(62)24(65)44(85-33(30)36(68)69)80-28-14(48)42(78-10(6-55)18(28)59)84-32-23(64)26(67)45(87-35(32)38(72)73)81-29-15(49)41(77-11(7-56)19(29)60)83-31-22(63)25(66)43(86-34(31)37(70)71)79-27-13(47)39(74-3-1-2-51-52-50)75-9(5-54)17(27)58/h8-35,39-45,53-67H,1-7,46-49H2,(H,68,69)(H,70,71)(H,72,73)/t8-,9-,10-,11-,12-,13-,14-,15-,16-,17-,18-,19-,20-,21-,22-,23-,24-,25-,26-,27-,28-,29-,30+,31+,32+,33+,34+,35+,39-,40+,41+,42+,43-,44-,45-/m1/s1. The fourth-order valence-corrected chi connectivity index (χ4v) is 10.6. The number of nitrogens with zero attached hydrogens (tertiary/aromatic N) is 3. The van der Waals surface area contributed by atoms with Crippen LogP contribution in [-0.4, -0.2) is 364 Å². The zero-order valence-electron chi connectivity index (χ0n) is 45.3. The maximum Gasteiger partial charge on any atom is 0.335 e. The quantitative estimate of drug-likeness (QED) is 0.0185. The molecule has 87 heavy (non-hydrogen) atoms. The normalized spacial score (nSPS) is 48.9. The zero-order valence-corrected chi connectivity index (χ0v) is 45.3. The van der Waals surface area contributed by atoms with Gasteiger partial charge in [0.25, 0.3) is 0 Å². The Morgan fingerprint density at radius 1 is 0.379 bits per heavy atom. The van der Waals surface area contributed by atoms with Crippen molar-refractivity contribution < 1.29 is 173 Å². The number of carboxylic acid groups (broad SMARTS) is 3. The third kappa shape index (κ3) is 15.2. The van der Waals surface area contributed by atoms with Crippen LogP contribution < -0.4 is 22.9 Å². The number of nitrogens with two attached hydrogens (primary N) is 4. The Balaban J connectivity index is 1.02. The lowest BCUT2D eigenvalue weighted by Crippen LogP contribution is -2.70. The van der Waals surface area contributed by atoms with Gasteiger partial charge in [-0.2, -0.15) is 0 Å². The summed E-state index contributed by atoms with van der Waals surface area (Å²) in [5.41, 5.74) is 33.4. The Hall–Kier alpha value is -3.60. The van der Waals surface area contributed by atoms with Crippen molar-refractivity contribution in [2.24, 2.45) is 28.0 Å². The molecule has 0 amide bonds. The lowest BCUT2D eigenvalue weighted by atomic mass is 9.94. The lowest BCUT2D eigenvalue weighted by molar-refractivity contribution is -0.377. The van der Waals surface area contributed by atoms with Gasteiger partial charge in [0, 0.05) is 18.1 Å². The smallest absolute Gasteiger partial charge is 0.335 e. The molecule has 7 rings (SSSR count). The second-order valence-corrected chi connectivity index (χ2v) is 21.2. The molecule has 7 aliphatic rings. The molecule has 7 aliphatic heterocycles. The predicted octanol–water partition coefficient (Wildman–Crippen LogP) is -14.4. The van der Waals surface area contributed by atoms with Gasteiger partial charge in [-0.3, -0.25) is 0 Å². The third-order valence-electron chi connectivity index (χ3n) is 15.5. The fraction of sp³-hybridized carbons (Fsp3) is 0.933. The van der Waals surface area contributed by atoms with Gasteiger partial charge in [0.1, 0.15) is 128 Å². The molecule has 500 valence electrons. The van der Waals surface area contributed by atoms with Crippen molar-refractivity contribution >= 4 is 17.9 Å². The highest BCUT2D eigenvalue weighted by Gasteiger charge is 2.60. The molecule has 42 heteroatoms. The Morgan fingerprint density at radius 3 is 0.977 bits per heavy atom. The molecule has 7 saturated heterocycles. The van der Waals surface area contributed by atoms with Crippen LogP contribution in [0.15, 0.2) is 5.11 Å². The van der Waals surface area contributed by atoms with Crippen molar-refractivity contribution in [2.75, 3.05) is 39.6 Å². The van der Waals surface area contributed by atoms with Crippen LogP contribution in [0.1, 0.15) is 6.42 Å². The van der Waals surface area contributed by atoms with Gasteiger partial charge in [-0.15, -0.1) is 0 Å². The largest absolute Gasteiger partial charge is 0.479 e. The molecule has 0 unspecified atom stereocenters. The average Bonchev–Trinajstić information content (AvgIpc) is 1.27. The number of carbonyl (C=O) groups is 3. The summed E-state index contributed by atoms with van der Waals surface area (Å²) < 4.78 is 78.2. The van der Waals surface area contributed by atoms with Crippen molar-refractivity contribution in [3.63, 3.8) is 0 Å². The minimum atomic E-state index is -2.46. The molecule has 0 radical (unpaired) electrons. The summed E-state index contributed by atoms with van der Waals surface area (Å²) in [6.07, 6.45) is -63.6. The van der Waals surface area contributed by atoms with Crippen molar-refractivity contribution in [3.05, 3.63) is 10.4 Å². The Labute approximate surface area is 489 Å². The first-order chi connectivity index (χ1) is 41.1. The Kier molecular flexibility index (Phi) is 25.0. The highest BCUT2D eigenvalue weighted by molar-refractivity contribution is 5.74. The van der Waals surface area contributed by atoms with E-state index < -0.39 is 259 Å². The molecule has 26 N–H and O–H groups in total. The van der Waals surface area contributed by atoms with Crippen LogP contribution in [-0.2, 0) is 80.7 Å². The number of ether oxygens (including phenoxy) is 14. The van der Waals surface area contributed by atoms with E-state index >= 15 is 0 Å². The first-order valence-electron chi connectivity index (χ1n) is 26.9. The monoisotopic (exact) mass is 1270 g/mol. The molecule has 7 fully saturated rings. The summed E-state index contributed by atoms with van der Waals surface area (Å²) in [5, 5.41) is 196. The first kappa shape index (κ1) is 70.9. The van der Waals surface area contributed by atoms with Crippen LogP contribution in [0.5, 0.6) is 0 Å². The molecule has 0 saturated carbocycles. The van der Waals surface area contributed by atoms with Crippen molar-refractivity contribution in [2.45, 2.75) is 221 Å². The predicted molar refractivity (Wildman–Crippen MR) is 264 cm³/mol. The molecule has 0 bridgehead atoms. The molecular formula is C45H75N7O35. The number of aliphatic carboxylic acids is 3. The van der Waals surface area contributed by atoms with E-state index in [2.05, 4.69) is 10.0 Å². The van der Waals surface area contributed by atoms with E-state index in [0.717, 1.165) is 0 Å². The number of hydrogen-bond donors (Lipinski definition) is 22. The van der Waals surface area contributed by atoms with Crippen LogP contribution in [0.25, 0.3) is 10.4 Å². The maximum absolute atomic E-state index is 12.9. The highest BCUT2D eigenvalue weighted by Crippen LogP contribution is 2.38.